The average Bonchev–Trinajstić information content (AvgIpc) is 2.43. The highest BCUT2D eigenvalue weighted by molar-refractivity contribution is 7.69. The van der Waals surface area contributed by atoms with E-state index in [1.807, 2.05) is 0 Å². The largest absolute Gasteiger partial charge is 0.547 e. The van der Waals surface area contributed by atoms with Gasteiger partial charge in [-0.05, 0) is 62.5 Å². The van der Waals surface area contributed by atoms with Crippen LogP contribution in [0.25, 0.3) is 0 Å². The summed E-state index contributed by atoms with van der Waals surface area (Å²) in [5, 5.41) is 0. The van der Waals surface area contributed by atoms with Crippen molar-refractivity contribution in [2.75, 3.05) is 0 Å². The molecule has 0 radical (unpaired) electrons. The third kappa shape index (κ3) is 6.18. The molecular formula is C26H56OSi4. The molecule has 0 fully saturated rings. The second-order valence-corrected chi connectivity index (χ2v) is 47.7. The molecule has 1 aliphatic rings. The van der Waals surface area contributed by atoms with Crippen LogP contribution in [0.2, 0.25) is 70.5 Å². The van der Waals surface area contributed by atoms with Crippen LogP contribution in [0.5, 0.6) is 0 Å². The van der Waals surface area contributed by atoms with Crippen LogP contribution in [0.15, 0.2) is 22.5 Å². The van der Waals surface area contributed by atoms with Crippen molar-refractivity contribution in [3.05, 3.63) is 22.5 Å². The van der Waals surface area contributed by atoms with Gasteiger partial charge in [-0.25, -0.2) is 0 Å². The van der Waals surface area contributed by atoms with Crippen molar-refractivity contribution in [1.29, 1.82) is 0 Å². The molecule has 0 bridgehead atoms. The lowest BCUT2D eigenvalue weighted by atomic mass is 9.76. The Labute approximate surface area is 200 Å². The van der Waals surface area contributed by atoms with Gasteiger partial charge in [0.25, 0.3) is 0 Å². The van der Waals surface area contributed by atoms with Crippen molar-refractivity contribution < 1.29 is 4.43 Å². The first-order valence-electron chi connectivity index (χ1n) is 12.5. The van der Waals surface area contributed by atoms with E-state index in [1.165, 1.54) is 18.2 Å². The summed E-state index contributed by atoms with van der Waals surface area (Å²) in [5.41, 5.74) is 5.96. The molecule has 1 heterocycles. The normalized spacial score (nSPS) is 22.4. The molecule has 1 atom stereocenters. The van der Waals surface area contributed by atoms with Crippen LogP contribution in [-0.4, -0.2) is 30.6 Å². The smallest absolute Gasteiger partial charge is 0.241 e. The molecule has 0 N–H and O–H groups in total. The first-order valence-corrected chi connectivity index (χ1v) is 27.1. The Kier molecular flexibility index (Phi) is 8.22. The van der Waals surface area contributed by atoms with Gasteiger partial charge in [0, 0.05) is 20.6 Å². The molecule has 5 heteroatoms. The zero-order valence-electron chi connectivity index (χ0n) is 24.4. The minimum Gasteiger partial charge on any atom is -0.547 e. The summed E-state index contributed by atoms with van der Waals surface area (Å²) >= 11 is 0. The van der Waals surface area contributed by atoms with Crippen molar-refractivity contribution >= 4 is 30.6 Å². The molecule has 1 rings (SSSR count). The molecule has 1 aliphatic heterocycles. The van der Waals surface area contributed by atoms with Gasteiger partial charge in [-0.1, -0.05) is 92.0 Å². The molecule has 0 aromatic heterocycles. The van der Waals surface area contributed by atoms with Gasteiger partial charge in [0.2, 0.25) is 8.32 Å². The minimum atomic E-state index is -1.74. The first-order chi connectivity index (χ1) is 13.4. The molecule has 0 amide bonds. The fourth-order valence-electron chi connectivity index (χ4n) is 6.34. The Morgan fingerprint density at radius 2 is 1.16 bits per heavy atom. The van der Waals surface area contributed by atoms with Crippen molar-refractivity contribution in [2.24, 2.45) is 10.8 Å². The van der Waals surface area contributed by atoms with E-state index in [-0.39, 0.29) is 10.8 Å². The van der Waals surface area contributed by atoms with Gasteiger partial charge in [-0.15, -0.1) is 0 Å². The summed E-state index contributed by atoms with van der Waals surface area (Å²) in [5.74, 6) is 1.35. The van der Waals surface area contributed by atoms with Crippen LogP contribution in [0.4, 0.5) is 0 Å². The number of rotatable bonds is 5. The summed E-state index contributed by atoms with van der Waals surface area (Å²) in [4.78, 5) is 0. The maximum atomic E-state index is 7.08. The minimum absolute atomic E-state index is 0.0338. The van der Waals surface area contributed by atoms with E-state index in [2.05, 4.69) is 114 Å². The van der Waals surface area contributed by atoms with E-state index in [4.69, 9.17) is 4.43 Å². The quantitative estimate of drug-likeness (QED) is 0.209. The molecule has 0 spiro atoms. The van der Waals surface area contributed by atoms with E-state index in [0.717, 1.165) is 5.54 Å². The van der Waals surface area contributed by atoms with Crippen LogP contribution in [0.3, 0.4) is 0 Å². The summed E-state index contributed by atoms with van der Waals surface area (Å²) < 4.78 is 7.08. The molecule has 1 nitrogen and oxygen atoms in total. The third-order valence-corrected chi connectivity index (χ3v) is 49.2. The second kappa shape index (κ2) is 8.74. The summed E-state index contributed by atoms with van der Waals surface area (Å²) in [6.45, 7) is 42.8. The molecule has 182 valence electrons. The van der Waals surface area contributed by atoms with Crippen LogP contribution in [0, 0.1) is 10.8 Å². The van der Waals surface area contributed by atoms with Crippen molar-refractivity contribution in [1.82, 2.24) is 0 Å². The fourth-order valence-corrected chi connectivity index (χ4v) is 55.4. The van der Waals surface area contributed by atoms with Crippen molar-refractivity contribution in [3.8, 4) is 0 Å². The molecular weight excluding hydrogens is 441 g/mol. The number of hydrogen-bond donors (Lipinski definition) is 0. The van der Waals surface area contributed by atoms with Gasteiger partial charge in [0.05, 0.1) is 12.9 Å². The van der Waals surface area contributed by atoms with Gasteiger partial charge < -0.3 is 4.43 Å². The molecule has 0 saturated heterocycles. The van der Waals surface area contributed by atoms with Gasteiger partial charge in [-0.3, -0.25) is 0 Å². The number of allylic oxidation sites excluding steroid dienone is 4. The van der Waals surface area contributed by atoms with Crippen LogP contribution in [-0.2, 0) is 4.43 Å². The fraction of sp³-hybridized carbons (Fsp3) is 0.846. The molecule has 31 heavy (non-hydrogen) atoms. The molecule has 1 unspecified atom stereocenters. The standard InChI is InChI=1S/C26H56OSi4/c1-20-18-22(31(19-21(20)2,29(12,13)14)30(15,16)17)23(25(3,4)5)24(26(6,7)8)27-28(9,10)11/h22H,18-19H2,1-17H3/b24-23+. The monoisotopic (exact) mass is 496 g/mol. The lowest BCUT2D eigenvalue weighted by molar-refractivity contribution is 0.264. The topological polar surface area (TPSA) is 9.23 Å². The van der Waals surface area contributed by atoms with Crippen molar-refractivity contribution in [3.63, 3.8) is 0 Å². The zero-order chi connectivity index (χ0) is 25.0. The van der Waals surface area contributed by atoms with Crippen LogP contribution >= 0.6 is 0 Å². The van der Waals surface area contributed by atoms with E-state index >= 15 is 0 Å². The van der Waals surface area contributed by atoms with Crippen LogP contribution < -0.4 is 0 Å². The average molecular weight is 497 g/mol. The summed E-state index contributed by atoms with van der Waals surface area (Å²) in [6.07, 6.45) is 1.27. The molecule has 0 aliphatic carbocycles. The first kappa shape index (κ1) is 29.2. The van der Waals surface area contributed by atoms with E-state index in [9.17, 15) is 0 Å². The second-order valence-electron chi connectivity index (χ2n) is 15.4. The molecule has 0 aromatic carbocycles. The lowest BCUT2D eigenvalue weighted by Gasteiger charge is -2.60. The molecule has 0 aromatic rings. The highest BCUT2D eigenvalue weighted by Crippen LogP contribution is 2.58. The van der Waals surface area contributed by atoms with E-state index < -0.39 is 30.6 Å². The highest BCUT2D eigenvalue weighted by atomic mass is 29.6. The Morgan fingerprint density at radius 3 is 1.45 bits per heavy atom. The van der Waals surface area contributed by atoms with Gasteiger partial charge in [0.1, 0.15) is 0 Å². The Bertz CT molecular complexity index is 712. The van der Waals surface area contributed by atoms with E-state index in [1.54, 1.807) is 16.7 Å². The van der Waals surface area contributed by atoms with E-state index in [0.29, 0.717) is 0 Å². The SMILES string of the molecule is CC1=C(C)C[Si]([Si](C)(C)C)([Si](C)(C)C)C(/C(=C(\O[Si](C)(C)C)C(C)(C)C)C(C)(C)C)C1. The zero-order valence-corrected chi connectivity index (χ0v) is 28.4. The summed E-state index contributed by atoms with van der Waals surface area (Å²) in [7, 11) is -6.14. The van der Waals surface area contributed by atoms with Gasteiger partial charge >= 0.3 is 0 Å². The predicted molar refractivity (Wildman–Crippen MR) is 154 cm³/mol. The Morgan fingerprint density at radius 1 is 0.742 bits per heavy atom. The molecule has 0 saturated carbocycles. The predicted octanol–water partition coefficient (Wildman–Crippen LogP) is 9.58. The lowest BCUT2D eigenvalue weighted by Crippen LogP contribution is -2.75. The third-order valence-electron chi connectivity index (χ3n) is 7.54. The van der Waals surface area contributed by atoms with Gasteiger partial charge in [0.15, 0.2) is 0 Å². The summed E-state index contributed by atoms with van der Waals surface area (Å²) in [6, 6.07) is 1.43. The van der Waals surface area contributed by atoms with Crippen LogP contribution in [0.1, 0.15) is 61.8 Å². The maximum absolute atomic E-state index is 7.08. The van der Waals surface area contributed by atoms with Gasteiger partial charge in [-0.2, -0.15) is 0 Å². The van der Waals surface area contributed by atoms with Crippen molar-refractivity contribution in [2.45, 2.75) is 132 Å². The Balaban J connectivity index is 4.21. The highest BCUT2D eigenvalue weighted by Gasteiger charge is 2.62. The Hall–Kier alpha value is 0.148. The maximum Gasteiger partial charge on any atom is 0.241 e. The number of hydrogen-bond acceptors (Lipinski definition) is 1.